The van der Waals surface area contributed by atoms with E-state index in [1.54, 1.807) is 0 Å². The molecule has 0 bridgehead atoms. The van der Waals surface area contributed by atoms with Crippen molar-refractivity contribution in [2.45, 2.75) is 31.7 Å². The van der Waals surface area contributed by atoms with Crippen molar-refractivity contribution in [3.63, 3.8) is 0 Å². The van der Waals surface area contributed by atoms with Crippen LogP contribution in [0.4, 0.5) is 0 Å². The predicted molar refractivity (Wildman–Crippen MR) is 84.8 cm³/mol. The summed E-state index contributed by atoms with van der Waals surface area (Å²) in [4.78, 5) is 0. The molecule has 0 saturated heterocycles. The van der Waals surface area contributed by atoms with Crippen molar-refractivity contribution in [3.8, 4) is 0 Å². The van der Waals surface area contributed by atoms with Crippen molar-refractivity contribution < 1.29 is 0 Å². The highest BCUT2D eigenvalue weighted by Gasteiger charge is 2.25. The third-order valence-corrected chi connectivity index (χ3v) is 4.25. The molecular formula is C19H23N. The van der Waals surface area contributed by atoms with E-state index in [0.717, 1.165) is 12.3 Å². The molecule has 1 saturated carbocycles. The van der Waals surface area contributed by atoms with E-state index in [1.807, 2.05) is 0 Å². The van der Waals surface area contributed by atoms with E-state index >= 15 is 0 Å². The van der Waals surface area contributed by atoms with Crippen LogP contribution < -0.4 is 5.32 Å². The minimum Gasteiger partial charge on any atom is -0.313 e. The van der Waals surface area contributed by atoms with Gasteiger partial charge in [-0.1, -0.05) is 67.4 Å². The summed E-state index contributed by atoms with van der Waals surface area (Å²) in [5.74, 6) is 0.955. The molecule has 0 aromatic heterocycles. The number of nitrogens with one attached hydrogen (secondary N) is 1. The van der Waals surface area contributed by atoms with Gasteiger partial charge in [0, 0.05) is 6.04 Å². The average Bonchev–Trinajstić information content (AvgIpc) is 3.31. The van der Waals surface area contributed by atoms with Crippen LogP contribution in [0, 0.1) is 5.92 Å². The molecule has 1 aliphatic carbocycles. The lowest BCUT2D eigenvalue weighted by Crippen LogP contribution is -2.16. The molecule has 1 heteroatoms. The first-order valence-corrected chi connectivity index (χ1v) is 7.65. The topological polar surface area (TPSA) is 12.0 Å². The summed E-state index contributed by atoms with van der Waals surface area (Å²) in [6, 6.07) is 20.3. The first-order chi connectivity index (χ1) is 9.85. The highest BCUT2D eigenvalue weighted by molar-refractivity contribution is 5.30. The average molecular weight is 265 g/mol. The summed E-state index contributed by atoms with van der Waals surface area (Å²) < 4.78 is 0. The molecule has 3 rings (SSSR count). The van der Waals surface area contributed by atoms with Crippen LogP contribution in [0.25, 0.3) is 0 Å². The van der Waals surface area contributed by atoms with Gasteiger partial charge in [-0.05, 0) is 42.5 Å². The third kappa shape index (κ3) is 3.49. The smallest absolute Gasteiger partial charge is 0.0320 e. The van der Waals surface area contributed by atoms with Crippen molar-refractivity contribution in [3.05, 3.63) is 71.3 Å². The van der Waals surface area contributed by atoms with Gasteiger partial charge in [0.1, 0.15) is 0 Å². The number of benzene rings is 2. The summed E-state index contributed by atoms with van der Waals surface area (Å²) in [6.45, 7) is 0. The molecular weight excluding hydrogens is 242 g/mol. The molecule has 0 radical (unpaired) electrons. The van der Waals surface area contributed by atoms with Gasteiger partial charge in [-0.15, -0.1) is 0 Å². The molecule has 0 amide bonds. The van der Waals surface area contributed by atoms with Crippen LogP contribution in [0.5, 0.6) is 0 Å². The van der Waals surface area contributed by atoms with Gasteiger partial charge in [0.15, 0.2) is 0 Å². The molecule has 104 valence electrons. The Morgan fingerprint density at radius 3 is 2.20 bits per heavy atom. The molecule has 1 aliphatic rings. The van der Waals surface area contributed by atoms with Gasteiger partial charge < -0.3 is 5.32 Å². The second-order valence-electron chi connectivity index (χ2n) is 5.92. The maximum Gasteiger partial charge on any atom is 0.0320 e. The van der Waals surface area contributed by atoms with Gasteiger partial charge in [0.05, 0.1) is 0 Å². The van der Waals surface area contributed by atoms with Crippen LogP contribution in [0.1, 0.15) is 42.0 Å². The van der Waals surface area contributed by atoms with Gasteiger partial charge in [-0.2, -0.15) is 0 Å². The SMILES string of the molecule is CNC(CC1CC1)c1ccc(Cc2ccccc2)cc1. The normalized spacial score (nSPS) is 16.1. The summed E-state index contributed by atoms with van der Waals surface area (Å²) in [6.07, 6.45) is 5.15. The van der Waals surface area contributed by atoms with Crippen molar-refractivity contribution in [2.24, 2.45) is 5.92 Å². The van der Waals surface area contributed by atoms with Crippen molar-refractivity contribution in [1.82, 2.24) is 5.32 Å². The van der Waals surface area contributed by atoms with E-state index in [4.69, 9.17) is 0 Å². The Bertz CT molecular complexity index is 525. The Labute approximate surface area is 122 Å². The Hall–Kier alpha value is -1.60. The summed E-state index contributed by atoms with van der Waals surface area (Å²) in [5.41, 5.74) is 4.20. The van der Waals surface area contributed by atoms with E-state index in [-0.39, 0.29) is 0 Å². The molecule has 1 atom stereocenters. The fourth-order valence-electron chi connectivity index (χ4n) is 2.81. The summed E-state index contributed by atoms with van der Waals surface area (Å²) in [5, 5.41) is 3.46. The first-order valence-electron chi connectivity index (χ1n) is 7.65. The van der Waals surface area contributed by atoms with E-state index < -0.39 is 0 Å². The molecule has 1 nitrogen and oxygen atoms in total. The van der Waals surface area contributed by atoms with Crippen LogP contribution in [0.2, 0.25) is 0 Å². The first kappa shape index (κ1) is 13.4. The summed E-state index contributed by atoms with van der Waals surface area (Å²) >= 11 is 0. The molecule has 20 heavy (non-hydrogen) atoms. The second kappa shape index (κ2) is 6.23. The predicted octanol–water partition coefficient (Wildman–Crippen LogP) is 4.34. The Kier molecular flexibility index (Phi) is 4.17. The fraction of sp³-hybridized carbons (Fsp3) is 0.368. The molecule has 0 heterocycles. The molecule has 1 unspecified atom stereocenters. The molecule has 2 aromatic rings. The lowest BCUT2D eigenvalue weighted by Gasteiger charge is -2.16. The number of rotatable bonds is 6. The maximum absolute atomic E-state index is 3.46. The van der Waals surface area contributed by atoms with Gasteiger partial charge in [0.2, 0.25) is 0 Å². The molecule has 1 fully saturated rings. The molecule has 0 aliphatic heterocycles. The van der Waals surface area contributed by atoms with Crippen LogP contribution in [0.15, 0.2) is 54.6 Å². The quantitative estimate of drug-likeness (QED) is 0.819. The van der Waals surface area contributed by atoms with E-state index in [9.17, 15) is 0 Å². The van der Waals surface area contributed by atoms with Crippen molar-refractivity contribution in [1.29, 1.82) is 0 Å². The molecule has 1 N–H and O–H groups in total. The van der Waals surface area contributed by atoms with E-state index in [1.165, 1.54) is 36.0 Å². The van der Waals surface area contributed by atoms with Gasteiger partial charge in [-0.25, -0.2) is 0 Å². The minimum absolute atomic E-state index is 0.522. The van der Waals surface area contributed by atoms with Gasteiger partial charge in [0.25, 0.3) is 0 Å². The fourth-order valence-corrected chi connectivity index (χ4v) is 2.81. The van der Waals surface area contributed by atoms with Crippen LogP contribution in [0.3, 0.4) is 0 Å². The summed E-state index contributed by atoms with van der Waals surface area (Å²) in [7, 11) is 2.07. The van der Waals surface area contributed by atoms with Crippen LogP contribution >= 0.6 is 0 Å². The van der Waals surface area contributed by atoms with Crippen LogP contribution in [-0.2, 0) is 6.42 Å². The minimum atomic E-state index is 0.522. The number of hydrogen-bond donors (Lipinski definition) is 1. The second-order valence-corrected chi connectivity index (χ2v) is 5.92. The number of hydrogen-bond acceptors (Lipinski definition) is 1. The van der Waals surface area contributed by atoms with E-state index in [0.29, 0.717) is 6.04 Å². The highest BCUT2D eigenvalue weighted by Crippen LogP contribution is 2.37. The van der Waals surface area contributed by atoms with Gasteiger partial charge in [-0.3, -0.25) is 0 Å². The maximum atomic E-state index is 3.46. The lowest BCUT2D eigenvalue weighted by molar-refractivity contribution is 0.514. The highest BCUT2D eigenvalue weighted by atomic mass is 14.9. The zero-order chi connectivity index (χ0) is 13.8. The van der Waals surface area contributed by atoms with E-state index in [2.05, 4.69) is 67.0 Å². The van der Waals surface area contributed by atoms with Crippen molar-refractivity contribution in [2.75, 3.05) is 7.05 Å². The lowest BCUT2D eigenvalue weighted by atomic mass is 9.98. The molecule has 2 aromatic carbocycles. The Morgan fingerprint density at radius 2 is 1.60 bits per heavy atom. The zero-order valence-electron chi connectivity index (χ0n) is 12.2. The largest absolute Gasteiger partial charge is 0.313 e. The van der Waals surface area contributed by atoms with Gasteiger partial charge >= 0.3 is 0 Å². The third-order valence-electron chi connectivity index (χ3n) is 4.25. The van der Waals surface area contributed by atoms with Crippen molar-refractivity contribution >= 4 is 0 Å². The Balaban J connectivity index is 1.67. The zero-order valence-corrected chi connectivity index (χ0v) is 12.2. The standard InChI is InChI=1S/C19H23N/c1-20-19(14-17-7-8-17)18-11-9-16(10-12-18)13-15-5-3-2-4-6-15/h2-6,9-12,17,19-20H,7-8,13-14H2,1H3. The Morgan fingerprint density at radius 1 is 0.950 bits per heavy atom. The van der Waals surface area contributed by atoms with Crippen LogP contribution in [-0.4, -0.2) is 7.05 Å². The molecule has 0 spiro atoms. The monoisotopic (exact) mass is 265 g/mol.